The number of dihydropyridines is 1. The van der Waals surface area contributed by atoms with Crippen LogP contribution in [0.5, 0.6) is 17.2 Å². The van der Waals surface area contributed by atoms with Crippen LogP contribution in [0.25, 0.3) is 0 Å². The van der Waals surface area contributed by atoms with Crippen LogP contribution in [0.3, 0.4) is 0 Å². The van der Waals surface area contributed by atoms with E-state index in [2.05, 4.69) is 21.2 Å². The molecule has 3 atom stereocenters. The minimum Gasteiger partial charge on any atom is -0.503 e. The number of hydrogen-bond acceptors (Lipinski definition) is 7. The molecule has 0 saturated carbocycles. The van der Waals surface area contributed by atoms with Crippen molar-refractivity contribution >= 4 is 27.7 Å². The van der Waals surface area contributed by atoms with Crippen molar-refractivity contribution < 1.29 is 28.9 Å². The Bertz CT molecular complexity index is 1300. The number of allylic oxidation sites excluding steroid dienone is 3. The summed E-state index contributed by atoms with van der Waals surface area (Å²) in [5.41, 5.74) is 4.11. The first-order valence-corrected chi connectivity index (χ1v) is 13.7. The van der Waals surface area contributed by atoms with Gasteiger partial charge >= 0.3 is 5.97 Å². The van der Waals surface area contributed by atoms with Gasteiger partial charge in [-0.25, -0.2) is 4.79 Å². The normalized spacial score (nSPS) is 20.0. The Labute approximate surface area is 232 Å². The smallest absolute Gasteiger partial charge is 0.337 e. The van der Waals surface area contributed by atoms with Gasteiger partial charge in [0.15, 0.2) is 17.3 Å². The molecule has 0 amide bonds. The van der Waals surface area contributed by atoms with Crippen molar-refractivity contribution in [1.82, 2.24) is 5.32 Å². The molecule has 202 valence electrons. The quantitative estimate of drug-likeness (QED) is 0.354. The number of aromatic hydroxyl groups is 1. The van der Waals surface area contributed by atoms with Crippen molar-refractivity contribution in [2.24, 2.45) is 0 Å². The first kappa shape index (κ1) is 27.8. The third-order valence-electron chi connectivity index (χ3n) is 7.20. The number of ketones is 1. The Morgan fingerprint density at radius 2 is 1.87 bits per heavy atom. The fourth-order valence-corrected chi connectivity index (χ4v) is 5.57. The molecule has 38 heavy (non-hydrogen) atoms. The first-order valence-electron chi connectivity index (χ1n) is 12.9. The first-order chi connectivity index (χ1) is 18.2. The molecule has 0 unspecified atom stereocenters. The van der Waals surface area contributed by atoms with Crippen LogP contribution in [0.1, 0.15) is 69.9 Å². The Kier molecular flexibility index (Phi) is 8.51. The molecule has 2 N–H and O–H groups in total. The van der Waals surface area contributed by atoms with Gasteiger partial charge < -0.3 is 24.6 Å². The number of Topliss-reactive ketones (excluding diaryl/α,β-unsaturated/α-hetero) is 1. The van der Waals surface area contributed by atoms with Crippen molar-refractivity contribution in [3.63, 3.8) is 0 Å². The highest BCUT2D eigenvalue weighted by atomic mass is 79.9. The fourth-order valence-electron chi connectivity index (χ4n) is 5.11. The van der Waals surface area contributed by atoms with Gasteiger partial charge in [-0.2, -0.15) is 0 Å². The zero-order chi connectivity index (χ0) is 27.6. The fraction of sp³-hybridized carbons (Fsp3) is 0.400. The summed E-state index contributed by atoms with van der Waals surface area (Å²) in [5, 5.41) is 13.9. The average Bonchev–Trinajstić information content (AvgIpc) is 2.90. The second-order valence-corrected chi connectivity index (χ2v) is 10.6. The van der Waals surface area contributed by atoms with Gasteiger partial charge in [0, 0.05) is 29.3 Å². The molecule has 0 aromatic heterocycles. The van der Waals surface area contributed by atoms with Gasteiger partial charge in [-0.1, -0.05) is 19.1 Å². The van der Waals surface area contributed by atoms with E-state index >= 15 is 0 Å². The van der Waals surface area contributed by atoms with E-state index in [-0.39, 0.29) is 29.3 Å². The molecular weight excluding hydrogens is 550 g/mol. The number of nitrogens with one attached hydrogen (secondary N) is 1. The van der Waals surface area contributed by atoms with Crippen LogP contribution < -0.4 is 14.8 Å². The zero-order valence-corrected chi connectivity index (χ0v) is 24.0. The van der Waals surface area contributed by atoms with E-state index < -0.39 is 11.9 Å². The third-order valence-corrected chi connectivity index (χ3v) is 7.81. The Hall–Kier alpha value is -3.26. The van der Waals surface area contributed by atoms with Crippen LogP contribution in [0, 0.1) is 0 Å². The minimum atomic E-state index is -0.664. The highest BCUT2D eigenvalue weighted by Gasteiger charge is 2.42. The van der Waals surface area contributed by atoms with E-state index in [0.29, 0.717) is 52.7 Å². The zero-order valence-electron chi connectivity index (χ0n) is 22.4. The number of phenols is 1. The van der Waals surface area contributed by atoms with Gasteiger partial charge in [0.1, 0.15) is 5.75 Å². The molecule has 0 bridgehead atoms. The lowest BCUT2D eigenvalue weighted by Gasteiger charge is -2.37. The van der Waals surface area contributed by atoms with Gasteiger partial charge in [0.2, 0.25) is 0 Å². The number of rotatable bonds is 8. The number of carbonyl (C=O) groups excluding carboxylic acids is 2. The van der Waals surface area contributed by atoms with Gasteiger partial charge in [-0.3, -0.25) is 4.79 Å². The molecule has 0 radical (unpaired) electrons. The SMILES string of the molecule is CCOc1cc([C@@H]2C(C(=O)O[C@H](C)CC)=C(C)NC3=C2C(=O)C[C@@H](c2ccc(OC)cc2)C3)cc(Br)c1O. The number of methoxy groups -OCH3 is 1. The van der Waals surface area contributed by atoms with Gasteiger partial charge in [0.25, 0.3) is 0 Å². The van der Waals surface area contributed by atoms with Crippen molar-refractivity contribution in [1.29, 1.82) is 0 Å². The molecule has 0 spiro atoms. The van der Waals surface area contributed by atoms with E-state index in [1.807, 2.05) is 52.0 Å². The number of phenolic OH excluding ortho intramolecular Hbond substituents is 1. The summed E-state index contributed by atoms with van der Waals surface area (Å²) in [6.07, 6.45) is 1.33. The van der Waals surface area contributed by atoms with Crippen molar-refractivity contribution in [2.45, 2.75) is 64.9 Å². The standard InChI is InChI=1S/C30H34BrNO6/c1-6-16(3)38-30(35)26-17(4)32-23-13-19(18-8-10-21(36-5)11-9-18)14-24(33)28(23)27(26)20-12-22(31)29(34)25(15-20)37-7-2/h8-12,15-16,19,27,32,34H,6-7,13-14H2,1-5H3/t16-,19+,27-/m1/s1. The van der Waals surface area contributed by atoms with Gasteiger partial charge in [-0.05, 0) is 90.9 Å². The predicted molar refractivity (Wildman–Crippen MR) is 148 cm³/mol. The average molecular weight is 585 g/mol. The maximum Gasteiger partial charge on any atom is 0.337 e. The summed E-state index contributed by atoms with van der Waals surface area (Å²) in [5.74, 6) is -0.156. The number of esters is 1. The predicted octanol–water partition coefficient (Wildman–Crippen LogP) is 6.27. The molecule has 0 saturated heterocycles. The summed E-state index contributed by atoms with van der Waals surface area (Å²) < 4.78 is 17.1. The summed E-state index contributed by atoms with van der Waals surface area (Å²) in [4.78, 5) is 27.3. The van der Waals surface area contributed by atoms with Gasteiger partial charge in [0.05, 0.1) is 29.9 Å². The summed E-state index contributed by atoms with van der Waals surface area (Å²) in [6, 6.07) is 11.2. The van der Waals surface area contributed by atoms with Crippen LogP contribution in [0.4, 0.5) is 0 Å². The third kappa shape index (κ3) is 5.46. The van der Waals surface area contributed by atoms with Crippen molar-refractivity contribution in [3.05, 3.63) is 74.5 Å². The lowest BCUT2D eigenvalue weighted by atomic mass is 9.71. The summed E-state index contributed by atoms with van der Waals surface area (Å²) in [7, 11) is 1.62. The molecule has 2 aliphatic rings. The molecule has 1 heterocycles. The second-order valence-electron chi connectivity index (χ2n) is 9.70. The number of halogens is 1. The summed E-state index contributed by atoms with van der Waals surface area (Å²) >= 11 is 3.42. The largest absolute Gasteiger partial charge is 0.503 e. The Balaban J connectivity index is 1.82. The van der Waals surface area contributed by atoms with Crippen LogP contribution in [-0.4, -0.2) is 36.7 Å². The lowest BCUT2D eigenvalue weighted by Crippen LogP contribution is -2.36. The Morgan fingerprint density at radius 3 is 2.50 bits per heavy atom. The topological polar surface area (TPSA) is 94.1 Å². The van der Waals surface area contributed by atoms with Gasteiger partial charge in [-0.15, -0.1) is 0 Å². The van der Waals surface area contributed by atoms with E-state index in [9.17, 15) is 14.7 Å². The highest BCUT2D eigenvalue weighted by Crippen LogP contribution is 2.48. The highest BCUT2D eigenvalue weighted by molar-refractivity contribution is 9.10. The van der Waals surface area contributed by atoms with Crippen molar-refractivity contribution in [3.8, 4) is 17.2 Å². The molecular formula is C30H34BrNO6. The van der Waals surface area contributed by atoms with Crippen molar-refractivity contribution in [2.75, 3.05) is 13.7 Å². The van der Waals surface area contributed by atoms with E-state index in [0.717, 1.165) is 17.0 Å². The minimum absolute atomic E-state index is 0.00717. The Morgan fingerprint density at radius 1 is 1.16 bits per heavy atom. The maximum atomic E-state index is 13.8. The second kappa shape index (κ2) is 11.6. The number of benzene rings is 2. The van der Waals surface area contributed by atoms with Crippen LogP contribution in [0.15, 0.2) is 63.4 Å². The molecule has 2 aromatic carbocycles. The van der Waals surface area contributed by atoms with Crippen LogP contribution in [0.2, 0.25) is 0 Å². The van der Waals surface area contributed by atoms with E-state index in [1.165, 1.54) is 0 Å². The monoisotopic (exact) mass is 583 g/mol. The molecule has 1 aliphatic heterocycles. The lowest BCUT2D eigenvalue weighted by molar-refractivity contribution is -0.144. The molecule has 8 heteroatoms. The van der Waals surface area contributed by atoms with E-state index in [1.54, 1.807) is 19.2 Å². The maximum absolute atomic E-state index is 13.8. The molecule has 4 rings (SSSR count). The number of carbonyl (C=O) groups is 2. The summed E-state index contributed by atoms with van der Waals surface area (Å²) in [6.45, 7) is 7.81. The molecule has 1 aliphatic carbocycles. The van der Waals surface area contributed by atoms with Crippen LogP contribution in [-0.2, 0) is 14.3 Å². The van der Waals surface area contributed by atoms with Crippen LogP contribution >= 0.6 is 15.9 Å². The molecule has 2 aromatic rings. The van der Waals surface area contributed by atoms with E-state index in [4.69, 9.17) is 14.2 Å². The molecule has 0 fully saturated rings. The number of hydrogen-bond donors (Lipinski definition) is 2. The molecule has 7 nitrogen and oxygen atoms in total. The number of ether oxygens (including phenoxy) is 3.